The number of nitrogens with zero attached hydrogens (tertiary/aromatic N) is 1. The highest BCUT2D eigenvalue weighted by Crippen LogP contribution is 2.21. The first-order valence-electron chi connectivity index (χ1n) is 7.02. The van der Waals surface area contributed by atoms with E-state index in [4.69, 9.17) is 9.47 Å². The lowest BCUT2D eigenvalue weighted by Crippen LogP contribution is -2.18. The maximum absolute atomic E-state index is 11.6. The predicted molar refractivity (Wildman–Crippen MR) is 78.3 cm³/mol. The van der Waals surface area contributed by atoms with Crippen molar-refractivity contribution in [1.82, 2.24) is 0 Å². The zero-order chi connectivity index (χ0) is 16.5. The first-order chi connectivity index (χ1) is 10.5. The van der Waals surface area contributed by atoms with Gasteiger partial charge < -0.3 is 9.47 Å². The molecule has 0 heterocycles. The van der Waals surface area contributed by atoms with Crippen molar-refractivity contribution in [3.8, 4) is 0 Å². The van der Waals surface area contributed by atoms with Crippen LogP contribution in [-0.2, 0) is 14.3 Å². The van der Waals surface area contributed by atoms with Gasteiger partial charge in [0.2, 0.25) is 6.54 Å². The number of carbonyl (C=O) groups is 2. The highest BCUT2D eigenvalue weighted by molar-refractivity contribution is 5.89. The first-order valence-corrected chi connectivity index (χ1v) is 7.02. The third-order valence-electron chi connectivity index (χ3n) is 2.98. The van der Waals surface area contributed by atoms with Gasteiger partial charge in [0.1, 0.15) is 0 Å². The van der Waals surface area contributed by atoms with Gasteiger partial charge in [-0.15, -0.1) is 0 Å². The van der Waals surface area contributed by atoms with Crippen molar-refractivity contribution in [2.75, 3.05) is 19.8 Å². The van der Waals surface area contributed by atoms with Crippen molar-refractivity contribution < 1.29 is 24.0 Å². The molecule has 0 amide bonds. The summed E-state index contributed by atoms with van der Waals surface area (Å²) in [6, 6.07) is 6.26. The molecule has 0 saturated carbocycles. The predicted octanol–water partition coefficient (Wildman–Crippen LogP) is 2.18. The van der Waals surface area contributed by atoms with E-state index in [1.54, 1.807) is 26.0 Å². The monoisotopic (exact) mass is 309 g/mol. The molecule has 1 rings (SSSR count). The first kappa shape index (κ1) is 17.6. The van der Waals surface area contributed by atoms with E-state index in [2.05, 4.69) is 0 Å². The summed E-state index contributed by atoms with van der Waals surface area (Å²) in [6.07, 6.45) is -0.0758. The van der Waals surface area contributed by atoms with Crippen LogP contribution in [0.15, 0.2) is 24.3 Å². The van der Waals surface area contributed by atoms with Gasteiger partial charge in [0.05, 0.1) is 31.1 Å². The maximum atomic E-state index is 11.6. The lowest BCUT2D eigenvalue weighted by atomic mass is 9.95. The Labute approximate surface area is 128 Å². The number of carbonyl (C=O) groups excluding carboxylic acids is 2. The normalized spacial score (nSPS) is 11.5. The van der Waals surface area contributed by atoms with Gasteiger partial charge in [0.15, 0.2) is 0 Å². The maximum Gasteiger partial charge on any atom is 0.338 e. The van der Waals surface area contributed by atoms with Gasteiger partial charge in [-0.1, -0.05) is 12.1 Å². The molecule has 0 aromatic heterocycles. The zero-order valence-electron chi connectivity index (χ0n) is 12.6. The molecule has 120 valence electrons. The van der Waals surface area contributed by atoms with Crippen LogP contribution < -0.4 is 0 Å². The van der Waals surface area contributed by atoms with Gasteiger partial charge in [-0.3, -0.25) is 14.9 Å². The van der Waals surface area contributed by atoms with Crippen LogP contribution in [0.1, 0.15) is 42.1 Å². The second kappa shape index (κ2) is 8.76. The standard InChI is InChI=1S/C15H19NO6/c1-3-21-14(17)9-13(10-16(19)20)11-5-7-12(8-6-11)15(18)22-4-2/h5-8,13H,3-4,9-10H2,1-2H3. The molecule has 7 nitrogen and oxygen atoms in total. The molecule has 0 bridgehead atoms. The van der Waals surface area contributed by atoms with Crippen LogP contribution in [-0.4, -0.2) is 36.6 Å². The number of ether oxygens (including phenoxy) is 2. The van der Waals surface area contributed by atoms with Crippen LogP contribution in [0.4, 0.5) is 0 Å². The SMILES string of the molecule is CCOC(=O)CC(C[N+](=O)[O-])c1ccc(C(=O)OCC)cc1. The second-order valence-corrected chi connectivity index (χ2v) is 4.56. The highest BCUT2D eigenvalue weighted by Gasteiger charge is 2.22. The van der Waals surface area contributed by atoms with E-state index in [0.29, 0.717) is 11.1 Å². The van der Waals surface area contributed by atoms with Crippen LogP contribution in [0.25, 0.3) is 0 Å². The van der Waals surface area contributed by atoms with Crippen LogP contribution in [0.2, 0.25) is 0 Å². The van der Waals surface area contributed by atoms with Crippen molar-refractivity contribution in [2.24, 2.45) is 0 Å². The molecule has 1 aromatic carbocycles. The summed E-state index contributed by atoms with van der Waals surface area (Å²) in [4.78, 5) is 33.4. The summed E-state index contributed by atoms with van der Waals surface area (Å²) in [5.74, 6) is -1.53. The van der Waals surface area contributed by atoms with Gasteiger partial charge in [-0.2, -0.15) is 0 Å². The van der Waals surface area contributed by atoms with Crippen LogP contribution >= 0.6 is 0 Å². The number of esters is 2. The van der Waals surface area contributed by atoms with E-state index in [-0.39, 0.29) is 26.2 Å². The summed E-state index contributed by atoms with van der Waals surface area (Å²) in [5.41, 5.74) is 0.972. The fourth-order valence-corrected chi connectivity index (χ4v) is 1.99. The molecular formula is C15H19NO6. The van der Waals surface area contributed by atoms with E-state index in [1.165, 1.54) is 12.1 Å². The smallest absolute Gasteiger partial charge is 0.338 e. The minimum Gasteiger partial charge on any atom is -0.466 e. The van der Waals surface area contributed by atoms with Gasteiger partial charge in [-0.05, 0) is 31.5 Å². The molecular weight excluding hydrogens is 290 g/mol. The number of hydrogen-bond acceptors (Lipinski definition) is 6. The summed E-state index contributed by atoms with van der Waals surface area (Å²) in [7, 11) is 0. The van der Waals surface area contributed by atoms with E-state index in [0.717, 1.165) is 0 Å². The van der Waals surface area contributed by atoms with E-state index in [9.17, 15) is 19.7 Å². The third kappa shape index (κ3) is 5.51. The Kier molecular flexibility index (Phi) is 7.01. The number of hydrogen-bond donors (Lipinski definition) is 0. The molecule has 22 heavy (non-hydrogen) atoms. The lowest BCUT2D eigenvalue weighted by Gasteiger charge is -2.13. The second-order valence-electron chi connectivity index (χ2n) is 4.56. The Bertz CT molecular complexity index is 525. The Morgan fingerprint density at radius 2 is 1.73 bits per heavy atom. The van der Waals surface area contributed by atoms with Crippen molar-refractivity contribution in [2.45, 2.75) is 26.2 Å². The summed E-state index contributed by atoms with van der Waals surface area (Å²) < 4.78 is 9.70. The fourth-order valence-electron chi connectivity index (χ4n) is 1.99. The van der Waals surface area contributed by atoms with Gasteiger partial charge in [0.25, 0.3) is 0 Å². The molecule has 0 radical (unpaired) electrons. The average Bonchev–Trinajstić information content (AvgIpc) is 2.47. The highest BCUT2D eigenvalue weighted by atomic mass is 16.6. The molecule has 0 aliphatic carbocycles. The molecule has 1 aromatic rings. The zero-order valence-corrected chi connectivity index (χ0v) is 12.6. The Hall–Kier alpha value is -2.44. The van der Waals surface area contributed by atoms with Crippen molar-refractivity contribution in [1.29, 1.82) is 0 Å². The topological polar surface area (TPSA) is 95.7 Å². The average molecular weight is 309 g/mol. The van der Waals surface area contributed by atoms with Gasteiger partial charge >= 0.3 is 11.9 Å². The Morgan fingerprint density at radius 3 is 2.23 bits per heavy atom. The molecule has 0 fully saturated rings. The number of rotatable bonds is 8. The number of nitro groups is 1. The largest absolute Gasteiger partial charge is 0.466 e. The van der Waals surface area contributed by atoms with Crippen molar-refractivity contribution in [3.63, 3.8) is 0 Å². The summed E-state index contributed by atoms with van der Waals surface area (Å²) in [5, 5.41) is 10.8. The molecule has 0 aliphatic heterocycles. The van der Waals surface area contributed by atoms with Crippen LogP contribution in [0.5, 0.6) is 0 Å². The quantitative estimate of drug-likeness (QED) is 0.415. The Morgan fingerprint density at radius 1 is 1.14 bits per heavy atom. The molecule has 0 N–H and O–H groups in total. The van der Waals surface area contributed by atoms with Gasteiger partial charge in [0, 0.05) is 4.92 Å². The Balaban J connectivity index is 2.87. The summed E-state index contributed by atoms with van der Waals surface area (Å²) >= 11 is 0. The molecule has 1 unspecified atom stereocenters. The van der Waals surface area contributed by atoms with E-state index >= 15 is 0 Å². The fraction of sp³-hybridized carbons (Fsp3) is 0.467. The minimum atomic E-state index is -0.592. The van der Waals surface area contributed by atoms with E-state index in [1.807, 2.05) is 0 Å². The van der Waals surface area contributed by atoms with Crippen LogP contribution in [0, 0.1) is 10.1 Å². The summed E-state index contributed by atoms with van der Waals surface area (Å²) in [6.45, 7) is 3.50. The molecule has 0 aliphatic rings. The molecule has 0 saturated heterocycles. The van der Waals surface area contributed by atoms with Crippen molar-refractivity contribution in [3.05, 3.63) is 45.5 Å². The van der Waals surface area contributed by atoms with Gasteiger partial charge in [-0.25, -0.2) is 4.79 Å². The minimum absolute atomic E-state index is 0.0758. The third-order valence-corrected chi connectivity index (χ3v) is 2.98. The lowest BCUT2D eigenvalue weighted by molar-refractivity contribution is -0.483. The molecule has 7 heteroatoms. The number of benzene rings is 1. The van der Waals surface area contributed by atoms with E-state index < -0.39 is 22.8 Å². The molecule has 0 spiro atoms. The molecule has 1 atom stereocenters. The van der Waals surface area contributed by atoms with Crippen LogP contribution in [0.3, 0.4) is 0 Å². The van der Waals surface area contributed by atoms with Crippen molar-refractivity contribution >= 4 is 11.9 Å².